The Morgan fingerprint density at radius 1 is 0.700 bits per heavy atom. The average Bonchev–Trinajstić information content (AvgIpc) is 2.30. The minimum atomic E-state index is 0.353. The third kappa shape index (κ3) is 3.10. The van der Waals surface area contributed by atoms with Crippen molar-refractivity contribution in [3.8, 4) is 0 Å². The van der Waals surface area contributed by atoms with E-state index >= 15 is 0 Å². The summed E-state index contributed by atoms with van der Waals surface area (Å²) in [7, 11) is 0. The van der Waals surface area contributed by atoms with Crippen molar-refractivity contribution in [2.24, 2.45) is 10.8 Å². The van der Waals surface area contributed by atoms with Crippen LogP contribution in [0.2, 0.25) is 0 Å². The highest BCUT2D eigenvalue weighted by Gasteiger charge is 2.29. The molecular formula is C20H32. The maximum absolute atomic E-state index is 2.44. The molecule has 0 radical (unpaired) electrons. The predicted molar refractivity (Wildman–Crippen MR) is 89.8 cm³/mol. The topological polar surface area (TPSA) is 0 Å². The molecule has 0 saturated carbocycles. The van der Waals surface area contributed by atoms with Crippen LogP contribution in [0.3, 0.4) is 0 Å². The van der Waals surface area contributed by atoms with Crippen LogP contribution in [-0.4, -0.2) is 0 Å². The summed E-state index contributed by atoms with van der Waals surface area (Å²) in [5, 5.41) is 0. The van der Waals surface area contributed by atoms with Gasteiger partial charge < -0.3 is 0 Å². The third-order valence-electron chi connectivity index (χ3n) is 5.50. The SMILES string of the molecule is CC1=C(/C=C/C2=C(C)CCCC2(C)C)C(C)(C)CCC1. The zero-order chi connectivity index (χ0) is 15.0. The molecule has 0 unspecified atom stereocenters. The van der Waals surface area contributed by atoms with Crippen LogP contribution in [0.25, 0.3) is 0 Å². The fraction of sp³-hybridized carbons (Fsp3) is 0.700. The molecule has 112 valence electrons. The first-order chi connectivity index (χ1) is 9.24. The van der Waals surface area contributed by atoms with Crippen LogP contribution < -0.4 is 0 Å². The molecule has 0 atom stereocenters. The standard InChI is InChI=1S/C20H32/c1-15-9-7-13-19(3,4)17(15)11-12-18-16(2)10-8-14-20(18,5)6/h11-12H,7-10,13-14H2,1-6H3/b12-11+. The van der Waals surface area contributed by atoms with E-state index in [0.717, 1.165) is 0 Å². The second kappa shape index (κ2) is 5.54. The van der Waals surface area contributed by atoms with Gasteiger partial charge in [-0.25, -0.2) is 0 Å². The van der Waals surface area contributed by atoms with E-state index in [1.165, 1.54) is 38.5 Å². The summed E-state index contributed by atoms with van der Waals surface area (Å²) in [5.41, 5.74) is 7.09. The van der Waals surface area contributed by atoms with E-state index in [0.29, 0.717) is 10.8 Å². The molecular weight excluding hydrogens is 240 g/mol. The maximum Gasteiger partial charge on any atom is -0.0104 e. The fourth-order valence-electron chi connectivity index (χ4n) is 4.19. The molecule has 0 bridgehead atoms. The molecule has 0 saturated heterocycles. The minimum absolute atomic E-state index is 0.353. The number of hydrogen-bond acceptors (Lipinski definition) is 0. The van der Waals surface area contributed by atoms with Crippen molar-refractivity contribution in [3.63, 3.8) is 0 Å². The second-order valence-corrected chi connectivity index (χ2v) is 8.20. The van der Waals surface area contributed by atoms with Crippen LogP contribution in [0.1, 0.15) is 80.1 Å². The summed E-state index contributed by atoms with van der Waals surface area (Å²) in [6.07, 6.45) is 12.8. The van der Waals surface area contributed by atoms with Gasteiger partial charge in [0.25, 0.3) is 0 Å². The molecule has 0 aromatic rings. The Hall–Kier alpha value is -0.780. The van der Waals surface area contributed by atoms with Gasteiger partial charge in [0, 0.05) is 0 Å². The van der Waals surface area contributed by atoms with Gasteiger partial charge >= 0.3 is 0 Å². The molecule has 0 fully saturated rings. The highest BCUT2D eigenvalue weighted by molar-refractivity contribution is 5.40. The van der Waals surface area contributed by atoms with Crippen LogP contribution in [0, 0.1) is 10.8 Å². The highest BCUT2D eigenvalue weighted by Crippen LogP contribution is 2.44. The highest BCUT2D eigenvalue weighted by atomic mass is 14.3. The molecule has 0 amide bonds. The summed E-state index contributed by atoms with van der Waals surface area (Å²) in [5.74, 6) is 0. The van der Waals surface area contributed by atoms with Crippen molar-refractivity contribution in [2.75, 3.05) is 0 Å². The molecule has 0 aliphatic heterocycles. The Morgan fingerprint density at radius 2 is 1.05 bits per heavy atom. The van der Waals surface area contributed by atoms with Gasteiger partial charge in [0.05, 0.1) is 0 Å². The molecule has 2 aliphatic carbocycles. The van der Waals surface area contributed by atoms with Crippen molar-refractivity contribution in [2.45, 2.75) is 80.1 Å². The van der Waals surface area contributed by atoms with Crippen molar-refractivity contribution in [1.82, 2.24) is 0 Å². The lowest BCUT2D eigenvalue weighted by Gasteiger charge is -2.35. The van der Waals surface area contributed by atoms with Crippen molar-refractivity contribution in [1.29, 1.82) is 0 Å². The summed E-state index contributed by atoms with van der Waals surface area (Å²) < 4.78 is 0. The lowest BCUT2D eigenvalue weighted by atomic mass is 9.70. The van der Waals surface area contributed by atoms with Gasteiger partial charge in [0.15, 0.2) is 0 Å². The smallest absolute Gasteiger partial charge is 0.0104 e. The molecule has 0 spiro atoms. The van der Waals surface area contributed by atoms with Crippen LogP contribution in [-0.2, 0) is 0 Å². The Labute approximate surface area is 126 Å². The lowest BCUT2D eigenvalue weighted by Crippen LogP contribution is -2.21. The monoisotopic (exact) mass is 272 g/mol. The fourth-order valence-corrected chi connectivity index (χ4v) is 4.19. The summed E-state index contributed by atoms with van der Waals surface area (Å²) in [6.45, 7) is 14.3. The van der Waals surface area contributed by atoms with Gasteiger partial charge in [0.2, 0.25) is 0 Å². The minimum Gasteiger partial charge on any atom is -0.0696 e. The Bertz CT molecular complexity index is 422. The summed E-state index contributed by atoms with van der Waals surface area (Å²) >= 11 is 0. The largest absolute Gasteiger partial charge is 0.0696 e. The van der Waals surface area contributed by atoms with Crippen LogP contribution in [0.5, 0.6) is 0 Å². The van der Waals surface area contributed by atoms with Gasteiger partial charge in [-0.3, -0.25) is 0 Å². The number of hydrogen-bond donors (Lipinski definition) is 0. The molecule has 0 aromatic heterocycles. The molecule has 0 heterocycles. The summed E-state index contributed by atoms with van der Waals surface area (Å²) in [4.78, 5) is 0. The molecule has 0 heteroatoms. The Kier molecular flexibility index (Phi) is 4.33. The maximum atomic E-state index is 2.44. The van der Waals surface area contributed by atoms with Gasteiger partial charge in [-0.2, -0.15) is 0 Å². The van der Waals surface area contributed by atoms with Crippen molar-refractivity contribution < 1.29 is 0 Å². The van der Waals surface area contributed by atoms with Crippen LogP contribution in [0.15, 0.2) is 34.4 Å². The number of rotatable bonds is 2. The molecule has 2 rings (SSSR count). The van der Waals surface area contributed by atoms with E-state index < -0.39 is 0 Å². The molecule has 0 aromatic carbocycles. The van der Waals surface area contributed by atoms with Gasteiger partial charge in [-0.15, -0.1) is 0 Å². The quantitative estimate of drug-likeness (QED) is 0.531. The molecule has 0 nitrogen and oxygen atoms in total. The predicted octanol–water partition coefficient (Wildman–Crippen LogP) is 6.60. The molecule has 2 aliphatic rings. The molecule has 0 N–H and O–H groups in total. The first-order valence-corrected chi connectivity index (χ1v) is 8.32. The first kappa shape index (κ1) is 15.6. The van der Waals surface area contributed by atoms with E-state index in [4.69, 9.17) is 0 Å². The van der Waals surface area contributed by atoms with Gasteiger partial charge in [-0.1, -0.05) is 51.0 Å². The Balaban J connectivity index is 2.33. The van der Waals surface area contributed by atoms with Gasteiger partial charge in [-0.05, 0) is 74.3 Å². The van der Waals surface area contributed by atoms with Gasteiger partial charge in [0.1, 0.15) is 0 Å². The zero-order valence-corrected chi connectivity index (χ0v) is 14.4. The number of allylic oxidation sites excluding steroid dienone is 6. The van der Waals surface area contributed by atoms with Crippen LogP contribution >= 0.6 is 0 Å². The van der Waals surface area contributed by atoms with E-state index in [-0.39, 0.29) is 0 Å². The first-order valence-electron chi connectivity index (χ1n) is 8.32. The summed E-state index contributed by atoms with van der Waals surface area (Å²) in [6, 6.07) is 0. The van der Waals surface area contributed by atoms with Crippen molar-refractivity contribution >= 4 is 0 Å². The van der Waals surface area contributed by atoms with E-state index in [9.17, 15) is 0 Å². The zero-order valence-electron chi connectivity index (χ0n) is 14.4. The molecule has 20 heavy (non-hydrogen) atoms. The lowest BCUT2D eigenvalue weighted by molar-refractivity contribution is 0.371. The third-order valence-corrected chi connectivity index (χ3v) is 5.50. The normalized spacial score (nSPS) is 26.5. The van der Waals surface area contributed by atoms with E-state index in [2.05, 4.69) is 53.7 Å². The van der Waals surface area contributed by atoms with E-state index in [1.807, 2.05) is 0 Å². The Morgan fingerprint density at radius 3 is 1.35 bits per heavy atom. The van der Waals surface area contributed by atoms with Crippen LogP contribution in [0.4, 0.5) is 0 Å². The van der Waals surface area contributed by atoms with E-state index in [1.54, 1.807) is 22.3 Å². The second-order valence-electron chi connectivity index (χ2n) is 8.20. The average molecular weight is 272 g/mol. The van der Waals surface area contributed by atoms with Crippen molar-refractivity contribution in [3.05, 3.63) is 34.4 Å².